The van der Waals surface area contributed by atoms with Crippen LogP contribution in [-0.4, -0.2) is 44.8 Å². The monoisotopic (exact) mass is 445 g/mol. The number of aryl methyl sites for hydroxylation is 1. The van der Waals surface area contributed by atoms with Gasteiger partial charge < -0.3 is 9.64 Å². The molecule has 0 spiro atoms. The zero-order valence-corrected chi connectivity index (χ0v) is 18.1. The minimum Gasteiger partial charge on any atom is -0.335 e. The van der Waals surface area contributed by atoms with Crippen LogP contribution < -0.4 is 10.5 Å². The summed E-state index contributed by atoms with van der Waals surface area (Å²) >= 11 is 0. The quantitative estimate of drug-likeness (QED) is 0.521. The smallest absolute Gasteiger partial charge is 0.335 e. The van der Waals surface area contributed by atoms with Crippen molar-refractivity contribution in [2.24, 2.45) is 0 Å². The van der Waals surface area contributed by atoms with Gasteiger partial charge in [-0.2, -0.15) is 13.9 Å². The molecule has 1 aliphatic rings. The summed E-state index contributed by atoms with van der Waals surface area (Å²) in [5, 5.41) is 4.45. The third-order valence-corrected chi connectivity index (χ3v) is 5.15. The molecule has 0 aliphatic carbocycles. The van der Waals surface area contributed by atoms with Crippen molar-refractivity contribution in [3.8, 4) is 11.3 Å². The van der Waals surface area contributed by atoms with Crippen LogP contribution in [0.1, 0.15) is 18.1 Å². The summed E-state index contributed by atoms with van der Waals surface area (Å²) in [6.07, 6.45) is 3.61. The number of hydrogen-bond donors (Lipinski definition) is 0. The molecule has 1 unspecified atom stereocenters. The maximum atomic E-state index is 12.9. The van der Waals surface area contributed by atoms with Crippen molar-refractivity contribution in [2.45, 2.75) is 31.8 Å². The van der Waals surface area contributed by atoms with E-state index in [4.69, 9.17) is 0 Å². The van der Waals surface area contributed by atoms with E-state index in [1.165, 1.54) is 25.6 Å². The Bertz CT molecular complexity index is 1090. The summed E-state index contributed by atoms with van der Waals surface area (Å²) in [6.45, 7) is 3.05. The molecule has 10 heteroatoms. The van der Waals surface area contributed by atoms with Gasteiger partial charge in [-0.25, -0.2) is 14.6 Å². The van der Waals surface area contributed by atoms with Gasteiger partial charge in [0.1, 0.15) is 0 Å². The molecule has 0 bridgehead atoms. The molecule has 1 aromatic carbocycles. The van der Waals surface area contributed by atoms with Crippen LogP contribution in [-0.2, 0) is 17.7 Å². The SMILES string of the molecule is CCc1ccc(Cn2nc(-c3cnc(N4CC(OC(F)(F)P)C4)nc3)ccc2=O)cc1. The minimum atomic E-state index is -3.23. The lowest BCUT2D eigenvalue weighted by molar-refractivity contribution is -0.198. The maximum absolute atomic E-state index is 12.9. The molecule has 7 nitrogen and oxygen atoms in total. The van der Waals surface area contributed by atoms with Crippen LogP contribution in [0.3, 0.4) is 0 Å². The average Bonchev–Trinajstić information content (AvgIpc) is 2.72. The highest BCUT2D eigenvalue weighted by molar-refractivity contribution is 7.17. The van der Waals surface area contributed by atoms with Crippen molar-refractivity contribution in [3.05, 3.63) is 70.3 Å². The number of alkyl halides is 2. The van der Waals surface area contributed by atoms with E-state index < -0.39 is 12.0 Å². The van der Waals surface area contributed by atoms with Crippen LogP contribution in [0, 0.1) is 0 Å². The zero-order chi connectivity index (χ0) is 22.0. The Balaban J connectivity index is 1.45. The molecule has 1 atom stereocenters. The zero-order valence-electron chi connectivity index (χ0n) is 16.9. The molecule has 0 radical (unpaired) electrons. The number of halogens is 2. The van der Waals surface area contributed by atoms with Crippen LogP contribution in [0.25, 0.3) is 11.3 Å². The Labute approximate surface area is 180 Å². The molecule has 1 saturated heterocycles. The first kappa shape index (κ1) is 21.5. The summed E-state index contributed by atoms with van der Waals surface area (Å²) < 4.78 is 31.7. The molecule has 1 aliphatic heterocycles. The van der Waals surface area contributed by atoms with Crippen molar-refractivity contribution in [2.75, 3.05) is 18.0 Å². The fraction of sp³-hybridized carbons (Fsp3) is 0.333. The molecule has 3 heterocycles. The molecule has 0 amide bonds. The van der Waals surface area contributed by atoms with Gasteiger partial charge in [-0.1, -0.05) is 31.2 Å². The summed E-state index contributed by atoms with van der Waals surface area (Å²) in [4.78, 5) is 22.6. The first-order valence-electron chi connectivity index (χ1n) is 9.88. The molecular formula is C21H22F2N5O2P. The summed E-state index contributed by atoms with van der Waals surface area (Å²) in [5.41, 5.74) is 3.25. The predicted octanol–water partition coefficient (Wildman–Crippen LogP) is 2.94. The minimum absolute atomic E-state index is 0.196. The Morgan fingerprint density at radius 3 is 2.35 bits per heavy atom. The Hall–Kier alpha value is -2.77. The van der Waals surface area contributed by atoms with E-state index in [1.54, 1.807) is 23.4 Å². The highest BCUT2D eigenvalue weighted by Crippen LogP contribution is 2.29. The van der Waals surface area contributed by atoms with E-state index in [1.807, 2.05) is 24.3 Å². The third kappa shape index (κ3) is 5.29. The first-order valence-corrected chi connectivity index (χ1v) is 10.5. The highest BCUT2D eigenvalue weighted by atomic mass is 31.0. The average molecular weight is 445 g/mol. The standard InChI is InChI=1S/C21H22F2N5O2P/c1-2-14-3-5-15(6-4-14)11-28-19(29)8-7-18(26-28)16-9-24-20(25-10-16)27-12-17(13-27)30-21(22,23)31/h3-10,17H,2,11-13,31H2,1H3. The number of aromatic nitrogens is 4. The summed E-state index contributed by atoms with van der Waals surface area (Å²) in [6, 6.07) is 11.2. The predicted molar refractivity (Wildman–Crippen MR) is 116 cm³/mol. The number of benzene rings is 1. The van der Waals surface area contributed by atoms with Gasteiger partial charge in [0.15, 0.2) is 0 Å². The number of nitrogens with zero attached hydrogens (tertiary/aromatic N) is 5. The van der Waals surface area contributed by atoms with E-state index in [0.29, 0.717) is 36.8 Å². The number of anilines is 1. The topological polar surface area (TPSA) is 73.1 Å². The van der Waals surface area contributed by atoms with Gasteiger partial charge in [-0.05, 0) is 32.9 Å². The Morgan fingerprint density at radius 2 is 1.74 bits per heavy atom. The van der Waals surface area contributed by atoms with E-state index >= 15 is 0 Å². The van der Waals surface area contributed by atoms with Crippen molar-refractivity contribution < 1.29 is 13.5 Å². The molecule has 2 aromatic heterocycles. The fourth-order valence-electron chi connectivity index (χ4n) is 3.28. The highest BCUT2D eigenvalue weighted by Gasteiger charge is 2.36. The summed E-state index contributed by atoms with van der Waals surface area (Å²) in [5.74, 6) is -2.80. The van der Waals surface area contributed by atoms with Gasteiger partial charge in [0, 0.05) is 37.1 Å². The number of ether oxygens (including phenoxy) is 1. The Kier molecular flexibility index (Phi) is 6.07. The van der Waals surface area contributed by atoms with Gasteiger partial charge in [0.25, 0.3) is 5.56 Å². The third-order valence-electron chi connectivity index (χ3n) is 5.02. The van der Waals surface area contributed by atoms with E-state index in [9.17, 15) is 13.6 Å². The van der Waals surface area contributed by atoms with Crippen LogP contribution >= 0.6 is 9.24 Å². The second kappa shape index (κ2) is 8.77. The van der Waals surface area contributed by atoms with Gasteiger partial charge in [0.05, 0.1) is 18.3 Å². The molecule has 162 valence electrons. The van der Waals surface area contributed by atoms with Crippen LogP contribution in [0.5, 0.6) is 0 Å². The summed E-state index contributed by atoms with van der Waals surface area (Å²) in [7, 11) is 1.37. The normalized spacial score (nSPS) is 14.5. The van der Waals surface area contributed by atoms with Gasteiger partial charge in [-0.15, -0.1) is 0 Å². The second-order valence-corrected chi connectivity index (χ2v) is 8.04. The molecule has 0 saturated carbocycles. The van der Waals surface area contributed by atoms with Gasteiger partial charge >= 0.3 is 5.85 Å². The van der Waals surface area contributed by atoms with E-state index in [-0.39, 0.29) is 5.56 Å². The number of rotatable bonds is 7. The molecule has 4 rings (SSSR count). The van der Waals surface area contributed by atoms with Crippen molar-refractivity contribution in [1.29, 1.82) is 0 Å². The van der Waals surface area contributed by atoms with Gasteiger partial charge in [0.2, 0.25) is 5.95 Å². The van der Waals surface area contributed by atoms with Crippen molar-refractivity contribution in [3.63, 3.8) is 0 Å². The maximum Gasteiger partial charge on any atom is 0.367 e. The van der Waals surface area contributed by atoms with Crippen molar-refractivity contribution >= 4 is 15.2 Å². The lowest BCUT2D eigenvalue weighted by Gasteiger charge is -2.39. The molecule has 3 aromatic rings. The fourth-order valence-corrected chi connectivity index (χ4v) is 3.48. The van der Waals surface area contributed by atoms with Crippen LogP contribution in [0.2, 0.25) is 0 Å². The van der Waals surface area contributed by atoms with E-state index in [2.05, 4.69) is 26.7 Å². The van der Waals surface area contributed by atoms with Crippen molar-refractivity contribution in [1.82, 2.24) is 19.7 Å². The Morgan fingerprint density at radius 1 is 1.10 bits per heavy atom. The van der Waals surface area contributed by atoms with Gasteiger partial charge in [-0.3, -0.25) is 4.79 Å². The molecule has 31 heavy (non-hydrogen) atoms. The number of hydrogen-bond acceptors (Lipinski definition) is 6. The first-order chi connectivity index (χ1) is 14.8. The van der Waals surface area contributed by atoms with E-state index in [0.717, 1.165) is 12.0 Å². The lowest BCUT2D eigenvalue weighted by Crippen LogP contribution is -2.54. The molecular weight excluding hydrogens is 423 g/mol. The largest absolute Gasteiger partial charge is 0.367 e. The molecule has 1 fully saturated rings. The molecule has 0 N–H and O–H groups in total. The van der Waals surface area contributed by atoms with Crippen LogP contribution in [0.15, 0.2) is 53.6 Å². The lowest BCUT2D eigenvalue weighted by atomic mass is 10.1. The second-order valence-electron chi connectivity index (χ2n) is 7.36. The van der Waals surface area contributed by atoms with Crippen LogP contribution in [0.4, 0.5) is 14.7 Å².